The van der Waals surface area contributed by atoms with Crippen molar-refractivity contribution in [2.45, 2.75) is 31.8 Å². The fraction of sp³-hybridized carbons (Fsp3) is 0.667. The minimum absolute atomic E-state index is 0. The van der Waals surface area contributed by atoms with E-state index in [1.807, 2.05) is 11.9 Å². The van der Waals surface area contributed by atoms with Crippen LogP contribution in [-0.4, -0.2) is 85.5 Å². The summed E-state index contributed by atoms with van der Waals surface area (Å²) in [5.74, 6) is 1.29. The van der Waals surface area contributed by atoms with Crippen LogP contribution >= 0.6 is 24.0 Å². The molecule has 1 saturated carbocycles. The molecule has 0 aromatic carbocycles. The number of rotatable bonds is 5. The Balaban J connectivity index is 0.00000243. The smallest absolute Gasteiger partial charge is 0.289 e. The highest BCUT2D eigenvalue weighted by molar-refractivity contribution is 14.0. The number of carbonyl (C=O) groups is 1. The molecule has 2 heterocycles. The van der Waals surface area contributed by atoms with Gasteiger partial charge in [-0.15, -0.1) is 24.0 Å². The quantitative estimate of drug-likeness (QED) is 0.399. The first-order chi connectivity index (χ1) is 12.1. The minimum Gasteiger partial charge on any atom is -0.459 e. The van der Waals surface area contributed by atoms with Gasteiger partial charge in [-0.1, -0.05) is 0 Å². The predicted molar refractivity (Wildman–Crippen MR) is 113 cm³/mol. The summed E-state index contributed by atoms with van der Waals surface area (Å²) >= 11 is 0. The zero-order valence-electron chi connectivity index (χ0n) is 15.9. The number of hydrogen-bond acceptors (Lipinski definition) is 4. The molecule has 3 rings (SSSR count). The van der Waals surface area contributed by atoms with Crippen molar-refractivity contribution in [1.82, 2.24) is 20.0 Å². The number of guanidine groups is 1. The summed E-state index contributed by atoms with van der Waals surface area (Å²) in [6.45, 7) is 6.04. The first-order valence-electron chi connectivity index (χ1n) is 9.10. The predicted octanol–water partition coefficient (Wildman–Crippen LogP) is 1.71. The molecule has 26 heavy (non-hydrogen) atoms. The highest BCUT2D eigenvalue weighted by Gasteiger charge is 2.29. The molecular weight excluding hydrogens is 445 g/mol. The van der Waals surface area contributed by atoms with E-state index in [-0.39, 0.29) is 29.9 Å². The van der Waals surface area contributed by atoms with Crippen molar-refractivity contribution < 1.29 is 9.21 Å². The lowest BCUT2D eigenvalue weighted by molar-refractivity contribution is 0.0657. The molecule has 1 unspecified atom stereocenters. The summed E-state index contributed by atoms with van der Waals surface area (Å²) < 4.78 is 5.21. The van der Waals surface area contributed by atoms with Gasteiger partial charge >= 0.3 is 0 Å². The molecule has 7 nitrogen and oxygen atoms in total. The second-order valence-electron chi connectivity index (χ2n) is 6.93. The van der Waals surface area contributed by atoms with E-state index >= 15 is 0 Å². The van der Waals surface area contributed by atoms with Crippen LogP contribution in [0.25, 0.3) is 0 Å². The second-order valence-corrected chi connectivity index (χ2v) is 6.93. The zero-order chi connectivity index (χ0) is 17.8. The SMILES string of the molecule is CN=C(NCC(C)N(C)C1CC1)N1CCN(C(=O)c2ccco2)CC1.I. The van der Waals surface area contributed by atoms with Crippen LogP contribution in [0.3, 0.4) is 0 Å². The van der Waals surface area contributed by atoms with Crippen LogP contribution < -0.4 is 5.32 Å². The van der Waals surface area contributed by atoms with E-state index in [2.05, 4.69) is 34.1 Å². The Kier molecular flexibility index (Phi) is 7.75. The third kappa shape index (κ3) is 5.12. The molecule has 1 atom stereocenters. The van der Waals surface area contributed by atoms with Gasteiger partial charge in [-0.2, -0.15) is 0 Å². The molecule has 1 aliphatic carbocycles. The molecule has 1 aromatic heterocycles. The van der Waals surface area contributed by atoms with E-state index in [0.29, 0.717) is 24.9 Å². The molecule has 2 aliphatic rings. The van der Waals surface area contributed by atoms with Gasteiger partial charge in [0.1, 0.15) is 0 Å². The topological polar surface area (TPSA) is 64.3 Å². The van der Waals surface area contributed by atoms with Crippen LogP contribution in [0.2, 0.25) is 0 Å². The summed E-state index contributed by atoms with van der Waals surface area (Å²) in [7, 11) is 4.02. The number of hydrogen-bond donors (Lipinski definition) is 1. The Bertz CT molecular complexity index is 595. The molecule has 1 amide bonds. The second kappa shape index (κ2) is 9.59. The molecule has 1 N–H and O–H groups in total. The van der Waals surface area contributed by atoms with Gasteiger partial charge in [0.25, 0.3) is 5.91 Å². The fourth-order valence-corrected chi connectivity index (χ4v) is 3.23. The van der Waals surface area contributed by atoms with Crippen LogP contribution in [0.1, 0.15) is 30.3 Å². The third-order valence-electron chi connectivity index (χ3n) is 5.18. The zero-order valence-corrected chi connectivity index (χ0v) is 18.2. The van der Waals surface area contributed by atoms with E-state index in [1.54, 1.807) is 12.1 Å². The van der Waals surface area contributed by atoms with Gasteiger partial charge in [-0.05, 0) is 38.9 Å². The fourth-order valence-electron chi connectivity index (χ4n) is 3.23. The molecule has 0 spiro atoms. The average molecular weight is 475 g/mol. The van der Waals surface area contributed by atoms with Gasteiger partial charge < -0.3 is 19.5 Å². The summed E-state index contributed by atoms with van der Waals surface area (Å²) in [4.78, 5) is 23.2. The molecule has 2 fully saturated rings. The van der Waals surface area contributed by atoms with Gasteiger partial charge in [0.05, 0.1) is 6.26 Å². The third-order valence-corrected chi connectivity index (χ3v) is 5.18. The molecule has 0 radical (unpaired) electrons. The lowest BCUT2D eigenvalue weighted by Gasteiger charge is -2.36. The summed E-state index contributed by atoms with van der Waals surface area (Å²) in [5, 5.41) is 3.49. The van der Waals surface area contributed by atoms with E-state index in [4.69, 9.17) is 4.42 Å². The minimum atomic E-state index is -0.0349. The van der Waals surface area contributed by atoms with Crippen LogP contribution in [0.5, 0.6) is 0 Å². The monoisotopic (exact) mass is 475 g/mol. The van der Waals surface area contributed by atoms with Crippen LogP contribution in [0, 0.1) is 0 Å². The number of amides is 1. The highest BCUT2D eigenvalue weighted by Crippen LogP contribution is 2.26. The Morgan fingerprint density at radius 3 is 2.54 bits per heavy atom. The molecule has 1 aliphatic heterocycles. The van der Waals surface area contributed by atoms with Gasteiger partial charge in [0, 0.05) is 51.9 Å². The van der Waals surface area contributed by atoms with Gasteiger partial charge in [-0.25, -0.2) is 0 Å². The first-order valence-corrected chi connectivity index (χ1v) is 9.10. The maximum Gasteiger partial charge on any atom is 0.289 e. The van der Waals surface area contributed by atoms with Gasteiger partial charge in [0.15, 0.2) is 11.7 Å². The normalized spacial score (nSPS) is 19.3. The van der Waals surface area contributed by atoms with E-state index in [1.165, 1.54) is 19.1 Å². The van der Waals surface area contributed by atoms with Gasteiger partial charge in [0.2, 0.25) is 0 Å². The van der Waals surface area contributed by atoms with Crippen molar-refractivity contribution in [2.24, 2.45) is 4.99 Å². The highest BCUT2D eigenvalue weighted by atomic mass is 127. The van der Waals surface area contributed by atoms with Crippen molar-refractivity contribution >= 4 is 35.8 Å². The lowest BCUT2D eigenvalue weighted by Crippen LogP contribution is -2.55. The van der Waals surface area contributed by atoms with Crippen LogP contribution in [-0.2, 0) is 0 Å². The maximum absolute atomic E-state index is 12.3. The number of carbonyl (C=O) groups excluding carboxylic acids is 1. The number of nitrogens with one attached hydrogen (secondary N) is 1. The number of nitrogens with zero attached hydrogens (tertiary/aromatic N) is 4. The van der Waals surface area contributed by atoms with Crippen LogP contribution in [0.15, 0.2) is 27.8 Å². The first kappa shape index (κ1) is 21.0. The molecular formula is C18H30IN5O2. The summed E-state index contributed by atoms with van der Waals surface area (Å²) in [6.07, 6.45) is 4.18. The Labute approximate surface area is 172 Å². The Morgan fingerprint density at radius 2 is 2.00 bits per heavy atom. The van der Waals surface area contributed by atoms with E-state index < -0.39 is 0 Å². The molecule has 146 valence electrons. The Hall–Kier alpha value is -1.29. The standard InChI is InChI=1S/C18H29N5O2.HI/c1-14(21(3)15-6-7-15)13-20-18(19-2)23-10-8-22(9-11-23)17(24)16-5-4-12-25-16;/h4-5,12,14-15H,6-11,13H2,1-3H3,(H,19,20);1H. The lowest BCUT2D eigenvalue weighted by atomic mass is 10.2. The number of piperazine rings is 1. The summed E-state index contributed by atoms with van der Waals surface area (Å²) in [5.41, 5.74) is 0. The summed E-state index contributed by atoms with van der Waals surface area (Å²) in [6, 6.07) is 4.70. The Morgan fingerprint density at radius 1 is 1.35 bits per heavy atom. The van der Waals surface area contributed by atoms with Crippen molar-refractivity contribution in [3.8, 4) is 0 Å². The number of furan rings is 1. The van der Waals surface area contributed by atoms with Gasteiger partial charge in [-0.3, -0.25) is 14.7 Å². The van der Waals surface area contributed by atoms with Crippen molar-refractivity contribution in [1.29, 1.82) is 0 Å². The van der Waals surface area contributed by atoms with Crippen molar-refractivity contribution in [3.05, 3.63) is 24.2 Å². The number of aliphatic imine (C=N–C) groups is 1. The van der Waals surface area contributed by atoms with E-state index in [0.717, 1.165) is 31.6 Å². The largest absolute Gasteiger partial charge is 0.459 e. The molecule has 1 aromatic rings. The maximum atomic E-state index is 12.3. The van der Waals surface area contributed by atoms with Crippen molar-refractivity contribution in [3.63, 3.8) is 0 Å². The number of halogens is 1. The molecule has 1 saturated heterocycles. The van der Waals surface area contributed by atoms with Crippen molar-refractivity contribution in [2.75, 3.05) is 46.8 Å². The molecule has 0 bridgehead atoms. The van der Waals surface area contributed by atoms with E-state index in [9.17, 15) is 4.79 Å². The average Bonchev–Trinajstić information content (AvgIpc) is 3.35. The number of likely N-dealkylation sites (N-methyl/N-ethyl adjacent to an activating group) is 1. The molecule has 8 heteroatoms. The van der Waals surface area contributed by atoms with Crippen LogP contribution in [0.4, 0.5) is 0 Å².